The molecule has 0 aliphatic carbocycles. The number of nitrogens with one attached hydrogen (secondary N) is 3. The average molecular weight is 1440 g/mol. The van der Waals surface area contributed by atoms with Gasteiger partial charge in [0, 0.05) is 107 Å². The fourth-order valence-corrected chi connectivity index (χ4v) is 18.7. The van der Waals surface area contributed by atoms with E-state index >= 15 is 0 Å². The van der Waals surface area contributed by atoms with E-state index in [0.29, 0.717) is 0 Å². The van der Waals surface area contributed by atoms with Gasteiger partial charge in [0.25, 0.3) is 0 Å². The van der Waals surface area contributed by atoms with Gasteiger partial charge >= 0.3 is 0 Å². The molecule has 0 bridgehead atoms. The third-order valence-electron chi connectivity index (χ3n) is 21.3. The molecule has 0 amide bonds. The summed E-state index contributed by atoms with van der Waals surface area (Å²) in [7, 11) is 0. The van der Waals surface area contributed by atoms with E-state index in [1.165, 1.54) is 139 Å². The van der Waals surface area contributed by atoms with Crippen LogP contribution in [0.5, 0.6) is 0 Å². The third-order valence-corrected chi connectivity index (χ3v) is 23.8. The highest BCUT2D eigenvalue weighted by Gasteiger charge is 2.21. The number of hydrogen-bond acceptors (Lipinski definition) is 6. The summed E-state index contributed by atoms with van der Waals surface area (Å²) in [6, 6.07) is 143. The second-order valence-corrected chi connectivity index (χ2v) is 30.1. The summed E-state index contributed by atoms with van der Waals surface area (Å²) >= 11 is 3.84. The fraction of sp³-hybridized carbons (Fsp3) is 0. The molecule has 110 heavy (non-hydrogen) atoms. The van der Waals surface area contributed by atoms with Crippen molar-refractivity contribution in [2.24, 2.45) is 0 Å². The van der Waals surface area contributed by atoms with Gasteiger partial charge in [0.2, 0.25) is 0 Å². The molecule has 0 saturated carbocycles. The van der Waals surface area contributed by atoms with Gasteiger partial charge in [-0.1, -0.05) is 303 Å². The lowest BCUT2D eigenvalue weighted by Crippen LogP contribution is -1.90. The minimum Gasteiger partial charge on any atom is -0.455 e. The van der Waals surface area contributed by atoms with Crippen molar-refractivity contribution in [1.29, 1.82) is 0 Å². The Bertz CT molecular complexity index is 7180. The second kappa shape index (κ2) is 28.4. The summed E-state index contributed by atoms with van der Waals surface area (Å²) in [5.41, 5.74) is 20.4. The van der Waals surface area contributed by atoms with Crippen molar-refractivity contribution in [3.8, 4) is 55.6 Å². The number of para-hydroxylation sites is 3. The van der Waals surface area contributed by atoms with E-state index in [1.54, 1.807) is 0 Å². The van der Waals surface area contributed by atoms with Crippen molar-refractivity contribution in [2.45, 2.75) is 0 Å². The first kappa shape index (κ1) is 65.6. The zero-order valence-corrected chi connectivity index (χ0v) is 61.5. The molecular weight excluding hydrogens is 1370 g/mol. The van der Waals surface area contributed by atoms with E-state index in [1.807, 2.05) is 53.0 Å². The van der Waals surface area contributed by atoms with E-state index in [4.69, 9.17) is 4.42 Å². The van der Waals surface area contributed by atoms with E-state index < -0.39 is 0 Å². The lowest BCUT2D eigenvalue weighted by molar-refractivity contribution is 0.670. The minimum atomic E-state index is 0.923. The van der Waals surface area contributed by atoms with Crippen LogP contribution in [0.4, 0.5) is 34.1 Å². The molecule has 518 valence electrons. The Morgan fingerprint density at radius 2 is 0.545 bits per heavy atom. The molecular formula is C104H69N3OS2. The molecule has 0 aliphatic heterocycles. The zero-order chi connectivity index (χ0) is 72.9. The Morgan fingerprint density at radius 3 is 1.07 bits per heavy atom. The van der Waals surface area contributed by atoms with E-state index in [-0.39, 0.29) is 0 Å². The number of anilines is 6. The van der Waals surface area contributed by atoms with Crippen molar-refractivity contribution in [2.75, 3.05) is 16.0 Å². The molecule has 0 saturated heterocycles. The average Bonchev–Trinajstić information content (AvgIpc) is 1.54. The van der Waals surface area contributed by atoms with Gasteiger partial charge in [-0.25, -0.2) is 0 Å². The maximum atomic E-state index is 6.20. The van der Waals surface area contributed by atoms with Crippen molar-refractivity contribution in [3.05, 3.63) is 400 Å². The van der Waals surface area contributed by atoms with Gasteiger partial charge in [0.05, 0.1) is 0 Å². The molecule has 0 radical (unpaired) electrons. The van der Waals surface area contributed by atoms with Gasteiger partial charge in [0.15, 0.2) is 0 Å². The largest absolute Gasteiger partial charge is 0.455 e. The highest BCUT2D eigenvalue weighted by molar-refractivity contribution is 7.28. The smallest absolute Gasteiger partial charge is 0.143 e. The summed E-state index contributed by atoms with van der Waals surface area (Å²) in [6.07, 6.45) is 0. The molecule has 0 atom stereocenters. The monoisotopic (exact) mass is 1440 g/mol. The first-order valence-corrected chi connectivity index (χ1v) is 39.0. The Labute approximate surface area is 644 Å². The van der Waals surface area contributed by atoms with Crippen molar-refractivity contribution >= 4 is 173 Å². The third kappa shape index (κ3) is 12.3. The predicted octanol–water partition coefficient (Wildman–Crippen LogP) is 31.0. The molecule has 0 fully saturated rings. The highest BCUT2D eigenvalue weighted by atomic mass is 32.1. The number of benzene rings is 19. The normalized spacial score (nSPS) is 11.5. The van der Waals surface area contributed by atoms with Crippen LogP contribution in [0.3, 0.4) is 0 Å². The molecule has 22 aromatic rings. The lowest BCUT2D eigenvalue weighted by atomic mass is 9.93. The second-order valence-electron chi connectivity index (χ2n) is 28.0. The van der Waals surface area contributed by atoms with Gasteiger partial charge < -0.3 is 20.4 Å². The number of hydrogen-bond donors (Lipinski definition) is 3. The summed E-state index contributed by atoms with van der Waals surface area (Å²) in [6.45, 7) is 0. The van der Waals surface area contributed by atoms with E-state index in [0.717, 1.165) is 67.2 Å². The molecule has 0 spiro atoms. The minimum absolute atomic E-state index is 0.923. The molecule has 3 N–H and O–H groups in total. The van der Waals surface area contributed by atoms with Crippen LogP contribution >= 0.6 is 22.7 Å². The van der Waals surface area contributed by atoms with Gasteiger partial charge in [-0.2, -0.15) is 0 Å². The van der Waals surface area contributed by atoms with Crippen molar-refractivity contribution in [1.82, 2.24) is 0 Å². The van der Waals surface area contributed by atoms with Crippen LogP contribution in [0.25, 0.3) is 172 Å². The molecule has 0 aliphatic rings. The van der Waals surface area contributed by atoms with Crippen LogP contribution in [-0.4, -0.2) is 0 Å². The summed E-state index contributed by atoms with van der Waals surface area (Å²) in [5.74, 6) is 0. The maximum Gasteiger partial charge on any atom is 0.143 e. The Balaban J connectivity index is 0.000000109. The van der Waals surface area contributed by atoms with Gasteiger partial charge in [-0.15, -0.1) is 22.7 Å². The van der Waals surface area contributed by atoms with E-state index in [2.05, 4.69) is 386 Å². The summed E-state index contributed by atoms with van der Waals surface area (Å²) < 4.78 is 11.6. The molecule has 0 unspecified atom stereocenters. The Hall–Kier alpha value is -13.9. The van der Waals surface area contributed by atoms with Gasteiger partial charge in [-0.3, -0.25) is 0 Å². The van der Waals surface area contributed by atoms with E-state index in [9.17, 15) is 0 Å². The SMILES string of the molecule is c1ccc(-c2ccc(Nc3ccc(-c4ccc5sc6c7ccccc7c7ccccc7c6c5c4)cc3)cc2)cc1.c1ccc(-c2ccc(Nc3ccc(-c4cccc5c4oc4ccccc45)cc3)cc2)cc1.c1ccc(Nc2ccc(-c3cc4ccccc4c4c3sc3c5ccccc5c5ccccc5c34)cc2)cc1. The topological polar surface area (TPSA) is 49.2 Å². The number of thiophene rings is 2. The van der Waals surface area contributed by atoms with Crippen LogP contribution in [0.2, 0.25) is 0 Å². The standard InChI is InChI=1S/C38H25NS.C36H23NS.C30H21NO/c1-2-8-25(9-3-1)26-14-19-29(20-15-26)39-30-21-16-27(17-22-30)28-18-23-36-35(24-28)37-33-12-6-4-10-31(33)32-11-5-7-13-34(32)38(37)40-36;1-2-11-25(12-3-1)37-26-20-18-23(19-21-26)32-22-24-10-4-5-13-27(24)33-34-30-16-8-6-14-28(30)29-15-7-9-17-31(29)35(34)38-36(32)33;1-2-7-21(8-3-1)22-13-17-24(18-14-22)31-25-19-15-23(16-20-25)26-10-6-11-28-27-9-4-5-12-29(27)32-30(26)28/h1-24,39H;1-22,37H;1-20,31H. The number of rotatable bonds is 11. The summed E-state index contributed by atoms with van der Waals surface area (Å²) in [4.78, 5) is 0. The van der Waals surface area contributed by atoms with Gasteiger partial charge in [-0.05, 0) is 185 Å². The molecule has 6 heteroatoms. The van der Waals surface area contributed by atoms with Crippen LogP contribution in [0.15, 0.2) is 405 Å². The first-order valence-electron chi connectivity index (χ1n) is 37.3. The van der Waals surface area contributed by atoms with Crippen molar-refractivity contribution < 1.29 is 4.42 Å². The predicted molar refractivity (Wildman–Crippen MR) is 476 cm³/mol. The fourth-order valence-electron chi connectivity index (χ4n) is 16.0. The Kier molecular flexibility index (Phi) is 17.0. The van der Waals surface area contributed by atoms with Crippen LogP contribution in [0, 0.1) is 0 Å². The van der Waals surface area contributed by atoms with Crippen LogP contribution < -0.4 is 16.0 Å². The molecule has 3 heterocycles. The first-order chi connectivity index (χ1) is 54.5. The Morgan fingerprint density at radius 1 is 0.191 bits per heavy atom. The molecule has 19 aromatic carbocycles. The molecule has 3 aromatic heterocycles. The van der Waals surface area contributed by atoms with Gasteiger partial charge in [0.1, 0.15) is 11.2 Å². The quantitative estimate of drug-likeness (QED) is 0.113. The number of fused-ring (bicyclic) bond motifs is 21. The summed E-state index contributed by atoms with van der Waals surface area (Å²) in [5, 5.41) is 31.5. The highest BCUT2D eigenvalue weighted by Crippen LogP contribution is 2.51. The van der Waals surface area contributed by atoms with Crippen LogP contribution in [-0.2, 0) is 0 Å². The van der Waals surface area contributed by atoms with Crippen molar-refractivity contribution in [3.63, 3.8) is 0 Å². The number of furan rings is 1. The molecule has 4 nitrogen and oxygen atoms in total. The maximum absolute atomic E-state index is 6.20. The molecule has 22 rings (SSSR count). The lowest BCUT2D eigenvalue weighted by Gasteiger charge is -2.11. The van der Waals surface area contributed by atoms with Crippen LogP contribution in [0.1, 0.15) is 0 Å². The zero-order valence-electron chi connectivity index (χ0n) is 59.8.